The van der Waals surface area contributed by atoms with E-state index >= 15 is 0 Å². The Labute approximate surface area is 188 Å². The second-order valence-corrected chi connectivity index (χ2v) is 8.15. The molecule has 0 bridgehead atoms. The number of ether oxygens (including phenoxy) is 1. The average molecular weight is 487 g/mol. The van der Waals surface area contributed by atoms with E-state index in [0.29, 0.717) is 5.56 Å². The molecule has 1 aromatic heterocycles. The molecular formula is C22H23BrN4O4. The zero-order valence-electron chi connectivity index (χ0n) is 17.6. The number of imide groups is 1. The van der Waals surface area contributed by atoms with Crippen molar-refractivity contribution in [2.75, 3.05) is 0 Å². The van der Waals surface area contributed by atoms with Gasteiger partial charge in [-0.05, 0) is 61.7 Å². The molecule has 0 fully saturated rings. The van der Waals surface area contributed by atoms with Gasteiger partial charge in [-0.15, -0.1) is 0 Å². The van der Waals surface area contributed by atoms with E-state index in [4.69, 9.17) is 10.5 Å². The topological polar surface area (TPSA) is 127 Å². The first-order valence-corrected chi connectivity index (χ1v) is 10.2. The first-order valence-electron chi connectivity index (χ1n) is 9.43. The van der Waals surface area contributed by atoms with Gasteiger partial charge in [0.1, 0.15) is 11.6 Å². The number of primary amides is 1. The number of rotatable bonds is 6. The van der Waals surface area contributed by atoms with Crippen LogP contribution in [0.1, 0.15) is 30.8 Å². The number of nitrogens with zero attached hydrogens (tertiary/aromatic N) is 2. The average Bonchev–Trinajstić information content (AvgIpc) is 2.97. The maximum atomic E-state index is 12.6. The second kappa shape index (κ2) is 10.1. The van der Waals surface area contributed by atoms with Crippen molar-refractivity contribution in [2.24, 2.45) is 11.7 Å². The van der Waals surface area contributed by atoms with E-state index in [0.717, 1.165) is 21.5 Å². The van der Waals surface area contributed by atoms with Gasteiger partial charge >= 0.3 is 12.0 Å². The summed E-state index contributed by atoms with van der Waals surface area (Å²) < 4.78 is 8.16. The monoisotopic (exact) mass is 486 g/mol. The highest BCUT2D eigenvalue weighted by Crippen LogP contribution is 2.24. The lowest BCUT2D eigenvalue weighted by Crippen LogP contribution is -2.45. The SMILES string of the molecule is Cc1cc(/C=C(\C#N)C(=O)OC(C(=O)NC(N)=O)C(C)C)c(C)n1-c1ccc(Br)cc1. The van der Waals surface area contributed by atoms with Gasteiger partial charge in [0.2, 0.25) is 0 Å². The van der Waals surface area contributed by atoms with Crippen LogP contribution in [0.15, 0.2) is 40.4 Å². The molecule has 0 aliphatic heterocycles. The minimum Gasteiger partial charge on any atom is -0.448 e. The predicted molar refractivity (Wildman–Crippen MR) is 119 cm³/mol. The van der Waals surface area contributed by atoms with E-state index < -0.39 is 29.9 Å². The molecule has 1 atom stereocenters. The summed E-state index contributed by atoms with van der Waals surface area (Å²) in [5.41, 5.74) is 8.03. The Hall–Kier alpha value is -3.38. The van der Waals surface area contributed by atoms with Crippen LogP contribution in [0.2, 0.25) is 0 Å². The number of aryl methyl sites for hydroxylation is 1. The molecule has 1 aromatic carbocycles. The standard InChI is InChI=1S/C22H23BrN4O4/c1-12(2)19(20(28)26-22(25)30)31-21(29)16(11-24)10-15-9-13(3)27(14(15)4)18-7-5-17(23)6-8-18/h5-10,12,19H,1-4H3,(H3,25,26,28,30)/b16-10+. The molecule has 3 N–H and O–H groups in total. The first kappa shape index (κ1) is 23.9. The third-order valence-electron chi connectivity index (χ3n) is 4.54. The van der Waals surface area contributed by atoms with Crippen LogP contribution in [-0.2, 0) is 14.3 Å². The van der Waals surface area contributed by atoms with E-state index in [1.807, 2.05) is 60.1 Å². The Bertz CT molecular complexity index is 1080. The number of hydrogen-bond donors (Lipinski definition) is 2. The molecule has 0 saturated carbocycles. The van der Waals surface area contributed by atoms with Crippen LogP contribution < -0.4 is 11.1 Å². The van der Waals surface area contributed by atoms with Gasteiger partial charge in [-0.2, -0.15) is 5.26 Å². The lowest BCUT2D eigenvalue weighted by molar-refractivity contribution is -0.154. The molecule has 3 amide bonds. The van der Waals surface area contributed by atoms with Crippen LogP contribution in [-0.4, -0.2) is 28.6 Å². The fourth-order valence-electron chi connectivity index (χ4n) is 3.08. The summed E-state index contributed by atoms with van der Waals surface area (Å²) in [5.74, 6) is -2.25. The first-order chi connectivity index (χ1) is 14.5. The molecule has 0 aliphatic rings. The van der Waals surface area contributed by atoms with Crippen molar-refractivity contribution in [2.45, 2.75) is 33.8 Å². The third kappa shape index (κ3) is 5.83. The predicted octanol–water partition coefficient (Wildman–Crippen LogP) is 3.53. The smallest absolute Gasteiger partial charge is 0.349 e. The highest BCUT2D eigenvalue weighted by atomic mass is 79.9. The molecule has 1 heterocycles. The van der Waals surface area contributed by atoms with Crippen molar-refractivity contribution >= 4 is 39.9 Å². The Morgan fingerprint density at radius 2 is 1.84 bits per heavy atom. The van der Waals surface area contributed by atoms with E-state index in [1.165, 1.54) is 6.08 Å². The molecule has 162 valence electrons. The number of amides is 3. The number of nitriles is 1. The number of benzene rings is 1. The van der Waals surface area contributed by atoms with Gasteiger partial charge in [0, 0.05) is 21.5 Å². The van der Waals surface area contributed by atoms with Gasteiger partial charge in [-0.25, -0.2) is 9.59 Å². The largest absolute Gasteiger partial charge is 0.448 e. The zero-order valence-corrected chi connectivity index (χ0v) is 19.2. The number of carbonyl (C=O) groups excluding carboxylic acids is 3. The molecule has 9 heteroatoms. The number of carbonyl (C=O) groups is 3. The van der Waals surface area contributed by atoms with Gasteiger partial charge in [0.05, 0.1) is 0 Å². The van der Waals surface area contributed by atoms with Crippen molar-refractivity contribution in [1.82, 2.24) is 9.88 Å². The van der Waals surface area contributed by atoms with E-state index in [1.54, 1.807) is 13.8 Å². The summed E-state index contributed by atoms with van der Waals surface area (Å²) in [6, 6.07) is 10.4. The van der Waals surface area contributed by atoms with E-state index in [2.05, 4.69) is 15.9 Å². The van der Waals surface area contributed by atoms with Gasteiger partial charge in [0.25, 0.3) is 5.91 Å². The molecule has 1 unspecified atom stereocenters. The highest BCUT2D eigenvalue weighted by Gasteiger charge is 2.29. The molecular weight excluding hydrogens is 464 g/mol. The summed E-state index contributed by atoms with van der Waals surface area (Å²) in [7, 11) is 0. The Morgan fingerprint density at radius 3 is 2.35 bits per heavy atom. The Kier molecular flexibility index (Phi) is 7.78. The summed E-state index contributed by atoms with van der Waals surface area (Å²) in [6.07, 6.45) is 0.149. The minimum atomic E-state index is -1.27. The third-order valence-corrected chi connectivity index (χ3v) is 5.07. The molecule has 0 aliphatic carbocycles. The molecule has 0 saturated heterocycles. The number of halogens is 1. The van der Waals surface area contributed by atoms with Crippen LogP contribution in [0.5, 0.6) is 0 Å². The van der Waals surface area contributed by atoms with Crippen LogP contribution in [0.25, 0.3) is 11.8 Å². The fraction of sp³-hybridized carbons (Fsp3) is 0.273. The zero-order chi connectivity index (χ0) is 23.3. The lowest BCUT2D eigenvalue weighted by atomic mass is 10.1. The van der Waals surface area contributed by atoms with Crippen molar-refractivity contribution in [1.29, 1.82) is 5.26 Å². The van der Waals surface area contributed by atoms with Gasteiger partial charge in [-0.3, -0.25) is 10.1 Å². The molecule has 2 rings (SSSR count). The van der Waals surface area contributed by atoms with E-state index in [-0.39, 0.29) is 5.57 Å². The van der Waals surface area contributed by atoms with Gasteiger partial charge < -0.3 is 15.0 Å². The van der Waals surface area contributed by atoms with Crippen molar-refractivity contribution in [3.63, 3.8) is 0 Å². The van der Waals surface area contributed by atoms with Crippen molar-refractivity contribution < 1.29 is 19.1 Å². The summed E-state index contributed by atoms with van der Waals surface area (Å²) in [5, 5.41) is 11.4. The number of nitrogens with one attached hydrogen (secondary N) is 1. The molecule has 31 heavy (non-hydrogen) atoms. The second-order valence-electron chi connectivity index (χ2n) is 7.23. The molecule has 2 aromatic rings. The fourth-order valence-corrected chi connectivity index (χ4v) is 3.34. The van der Waals surface area contributed by atoms with Gasteiger partial charge in [-0.1, -0.05) is 29.8 Å². The molecule has 8 nitrogen and oxygen atoms in total. The van der Waals surface area contributed by atoms with Crippen LogP contribution in [0.4, 0.5) is 4.79 Å². The van der Waals surface area contributed by atoms with Crippen molar-refractivity contribution in [3.05, 3.63) is 57.3 Å². The van der Waals surface area contributed by atoms with Crippen LogP contribution in [0.3, 0.4) is 0 Å². The maximum Gasteiger partial charge on any atom is 0.349 e. The number of hydrogen-bond acceptors (Lipinski definition) is 5. The molecule has 0 spiro atoms. The number of aromatic nitrogens is 1. The normalized spacial score (nSPS) is 12.2. The number of esters is 1. The van der Waals surface area contributed by atoms with Gasteiger partial charge in [0.15, 0.2) is 6.10 Å². The quantitative estimate of drug-likeness (QED) is 0.366. The van der Waals surface area contributed by atoms with Crippen molar-refractivity contribution in [3.8, 4) is 11.8 Å². The van der Waals surface area contributed by atoms with E-state index in [9.17, 15) is 19.6 Å². The lowest BCUT2D eigenvalue weighted by Gasteiger charge is -2.19. The van der Waals surface area contributed by atoms with Crippen LogP contribution >= 0.6 is 15.9 Å². The summed E-state index contributed by atoms with van der Waals surface area (Å²) in [6.45, 7) is 7.07. The Balaban J connectivity index is 2.34. The maximum absolute atomic E-state index is 12.6. The van der Waals surface area contributed by atoms with Crippen LogP contribution in [0, 0.1) is 31.1 Å². The number of urea groups is 1. The highest BCUT2D eigenvalue weighted by molar-refractivity contribution is 9.10. The summed E-state index contributed by atoms with van der Waals surface area (Å²) >= 11 is 3.41. The summed E-state index contributed by atoms with van der Waals surface area (Å²) in [4.78, 5) is 35.6. The Morgan fingerprint density at radius 1 is 1.23 bits per heavy atom. The molecule has 0 radical (unpaired) electrons. The minimum absolute atomic E-state index is 0.270. The number of nitrogens with two attached hydrogens (primary N) is 1.